The number of carbonyl (C=O) groups is 2. The van der Waals surface area contributed by atoms with E-state index in [1.807, 2.05) is 62.4 Å². The molecule has 0 aromatic heterocycles. The maximum atomic E-state index is 12.2. The average molecular weight is 384 g/mol. The third kappa shape index (κ3) is 5.90. The minimum absolute atomic E-state index is 0.101. The number of carbonyl (C=O) groups excluding carboxylic acids is 2. The van der Waals surface area contributed by atoms with Gasteiger partial charge in [0.15, 0.2) is 0 Å². The minimum Gasteiger partial charge on any atom is -0.428 e. The van der Waals surface area contributed by atoms with Crippen molar-refractivity contribution in [3.05, 3.63) is 70.8 Å². The molecule has 6 nitrogen and oxygen atoms in total. The summed E-state index contributed by atoms with van der Waals surface area (Å²) in [5.74, 6) is -0.946. The molecule has 0 spiro atoms. The fourth-order valence-electron chi connectivity index (χ4n) is 2.75. The van der Waals surface area contributed by atoms with E-state index in [2.05, 4.69) is 0 Å². The van der Waals surface area contributed by atoms with Crippen LogP contribution in [0.1, 0.15) is 22.3 Å². The Kier molecular flexibility index (Phi) is 6.79. The van der Waals surface area contributed by atoms with E-state index in [0.717, 1.165) is 22.3 Å². The van der Waals surface area contributed by atoms with Crippen LogP contribution < -0.4 is 0 Å². The first-order chi connectivity index (χ1) is 13.5. The maximum absolute atomic E-state index is 12.2. The molecule has 6 heteroatoms. The van der Waals surface area contributed by atoms with E-state index >= 15 is 0 Å². The predicted octanol–water partition coefficient (Wildman–Crippen LogP) is 2.87. The summed E-state index contributed by atoms with van der Waals surface area (Å²) in [7, 11) is 0. The highest BCUT2D eigenvalue weighted by atomic mass is 16.8. The number of esters is 2. The molecule has 3 rings (SSSR count). The summed E-state index contributed by atoms with van der Waals surface area (Å²) in [5, 5.41) is 0. The van der Waals surface area contributed by atoms with Crippen LogP contribution in [-0.4, -0.2) is 37.7 Å². The lowest BCUT2D eigenvalue weighted by Gasteiger charge is -2.30. The number of ether oxygens (including phenoxy) is 4. The Balaban J connectivity index is 1.54. The third-order valence-corrected chi connectivity index (χ3v) is 4.30. The van der Waals surface area contributed by atoms with Crippen LogP contribution in [0.25, 0.3) is 0 Å². The molecule has 2 unspecified atom stereocenters. The molecule has 1 heterocycles. The quantitative estimate of drug-likeness (QED) is 0.714. The molecule has 0 radical (unpaired) electrons. The van der Waals surface area contributed by atoms with E-state index in [4.69, 9.17) is 18.9 Å². The van der Waals surface area contributed by atoms with Gasteiger partial charge in [-0.25, -0.2) is 0 Å². The van der Waals surface area contributed by atoms with Gasteiger partial charge < -0.3 is 18.9 Å². The van der Waals surface area contributed by atoms with Crippen molar-refractivity contribution in [2.24, 2.45) is 0 Å². The highest BCUT2D eigenvalue weighted by Gasteiger charge is 2.33. The second-order valence-electron chi connectivity index (χ2n) is 6.78. The maximum Gasteiger partial charge on any atom is 0.312 e. The molecule has 2 aromatic rings. The predicted molar refractivity (Wildman–Crippen MR) is 101 cm³/mol. The summed E-state index contributed by atoms with van der Waals surface area (Å²) in [6, 6.07) is 15.2. The summed E-state index contributed by atoms with van der Waals surface area (Å²) < 4.78 is 21.6. The van der Waals surface area contributed by atoms with Gasteiger partial charge in [-0.2, -0.15) is 0 Å². The van der Waals surface area contributed by atoms with Gasteiger partial charge in [0.1, 0.15) is 0 Å². The molecule has 1 fully saturated rings. The standard InChI is InChI=1S/C22H24O6/c1-15-3-7-17(8-4-15)13-19(23)27-21-22(26-12-11-25-21)28-20(24)14-18-9-5-16(2)6-10-18/h3-10,21-22H,11-14H2,1-2H3. The van der Waals surface area contributed by atoms with Gasteiger partial charge in [0.05, 0.1) is 26.1 Å². The van der Waals surface area contributed by atoms with Gasteiger partial charge in [0, 0.05) is 0 Å². The van der Waals surface area contributed by atoms with Crippen molar-refractivity contribution >= 4 is 11.9 Å². The van der Waals surface area contributed by atoms with Crippen LogP contribution in [0.2, 0.25) is 0 Å². The number of rotatable bonds is 6. The molecule has 0 bridgehead atoms. The van der Waals surface area contributed by atoms with E-state index in [9.17, 15) is 9.59 Å². The zero-order valence-corrected chi connectivity index (χ0v) is 16.1. The Hall–Kier alpha value is -2.70. The summed E-state index contributed by atoms with van der Waals surface area (Å²) in [4.78, 5) is 24.4. The zero-order chi connectivity index (χ0) is 19.9. The van der Waals surface area contributed by atoms with Gasteiger partial charge in [-0.15, -0.1) is 0 Å². The molecule has 2 atom stereocenters. The fraction of sp³-hybridized carbons (Fsp3) is 0.364. The van der Waals surface area contributed by atoms with Crippen molar-refractivity contribution in [2.75, 3.05) is 13.2 Å². The van der Waals surface area contributed by atoms with Gasteiger partial charge in [0.2, 0.25) is 0 Å². The Bertz CT molecular complexity index is 727. The van der Waals surface area contributed by atoms with Crippen LogP contribution >= 0.6 is 0 Å². The summed E-state index contributed by atoms with van der Waals surface area (Å²) in [6.07, 6.45) is -1.95. The molecular weight excluding hydrogens is 360 g/mol. The Morgan fingerprint density at radius 1 is 0.750 bits per heavy atom. The first-order valence-electron chi connectivity index (χ1n) is 9.23. The molecule has 0 aliphatic carbocycles. The minimum atomic E-state index is -1.08. The first-order valence-corrected chi connectivity index (χ1v) is 9.23. The smallest absolute Gasteiger partial charge is 0.312 e. The monoisotopic (exact) mass is 384 g/mol. The van der Waals surface area contributed by atoms with Crippen LogP contribution in [-0.2, 0) is 41.4 Å². The molecule has 2 aromatic carbocycles. The van der Waals surface area contributed by atoms with E-state index in [-0.39, 0.29) is 26.1 Å². The largest absolute Gasteiger partial charge is 0.428 e. The zero-order valence-electron chi connectivity index (χ0n) is 16.1. The van der Waals surface area contributed by atoms with Gasteiger partial charge in [-0.05, 0) is 25.0 Å². The van der Waals surface area contributed by atoms with E-state index in [1.54, 1.807) is 0 Å². The summed E-state index contributed by atoms with van der Waals surface area (Å²) in [6.45, 7) is 4.47. The lowest BCUT2D eigenvalue weighted by Crippen LogP contribution is -2.44. The lowest BCUT2D eigenvalue weighted by molar-refractivity contribution is -0.302. The van der Waals surface area contributed by atoms with Crippen molar-refractivity contribution in [3.8, 4) is 0 Å². The van der Waals surface area contributed by atoms with E-state index < -0.39 is 24.5 Å². The molecule has 0 saturated carbocycles. The van der Waals surface area contributed by atoms with Gasteiger partial charge >= 0.3 is 11.9 Å². The number of aryl methyl sites for hydroxylation is 2. The summed E-state index contributed by atoms with van der Waals surface area (Å²) >= 11 is 0. The molecule has 148 valence electrons. The second-order valence-corrected chi connectivity index (χ2v) is 6.78. The van der Waals surface area contributed by atoms with Crippen molar-refractivity contribution in [1.82, 2.24) is 0 Å². The molecule has 28 heavy (non-hydrogen) atoms. The fourth-order valence-corrected chi connectivity index (χ4v) is 2.75. The summed E-state index contributed by atoms with van der Waals surface area (Å²) in [5.41, 5.74) is 3.89. The molecule has 0 amide bonds. The first kappa shape index (κ1) is 20.0. The Labute approximate surface area is 164 Å². The topological polar surface area (TPSA) is 71.1 Å². The highest BCUT2D eigenvalue weighted by Crippen LogP contribution is 2.16. The van der Waals surface area contributed by atoms with Gasteiger partial charge in [-0.3, -0.25) is 9.59 Å². The SMILES string of the molecule is Cc1ccc(CC(=O)OC2OCCOC2OC(=O)Cc2ccc(C)cc2)cc1. The lowest BCUT2D eigenvalue weighted by atomic mass is 10.1. The van der Waals surface area contributed by atoms with Crippen LogP contribution in [0.4, 0.5) is 0 Å². The number of hydrogen-bond donors (Lipinski definition) is 0. The normalized spacial score (nSPS) is 19.1. The van der Waals surface area contributed by atoms with Crippen molar-refractivity contribution in [1.29, 1.82) is 0 Å². The number of benzene rings is 2. The third-order valence-electron chi connectivity index (χ3n) is 4.30. The van der Waals surface area contributed by atoms with Crippen molar-refractivity contribution in [3.63, 3.8) is 0 Å². The highest BCUT2D eigenvalue weighted by molar-refractivity contribution is 5.73. The van der Waals surface area contributed by atoms with Crippen LogP contribution in [0, 0.1) is 13.8 Å². The number of hydrogen-bond acceptors (Lipinski definition) is 6. The Morgan fingerprint density at radius 3 is 1.46 bits per heavy atom. The molecule has 1 aliphatic heterocycles. The molecule has 0 N–H and O–H groups in total. The van der Waals surface area contributed by atoms with Gasteiger partial charge in [-0.1, -0.05) is 59.7 Å². The van der Waals surface area contributed by atoms with Crippen LogP contribution in [0.3, 0.4) is 0 Å². The van der Waals surface area contributed by atoms with E-state index in [0.29, 0.717) is 0 Å². The van der Waals surface area contributed by atoms with Crippen molar-refractivity contribution in [2.45, 2.75) is 39.3 Å². The van der Waals surface area contributed by atoms with E-state index in [1.165, 1.54) is 0 Å². The average Bonchev–Trinajstić information content (AvgIpc) is 2.67. The second kappa shape index (κ2) is 9.48. The molecule has 1 saturated heterocycles. The molecule has 1 aliphatic rings. The van der Waals surface area contributed by atoms with Crippen LogP contribution in [0.5, 0.6) is 0 Å². The van der Waals surface area contributed by atoms with Crippen LogP contribution in [0.15, 0.2) is 48.5 Å². The van der Waals surface area contributed by atoms with Crippen molar-refractivity contribution < 1.29 is 28.5 Å². The molecular formula is C22H24O6. The van der Waals surface area contributed by atoms with Gasteiger partial charge in [0.25, 0.3) is 12.6 Å². The Morgan fingerprint density at radius 2 is 1.11 bits per heavy atom.